The first kappa shape index (κ1) is 13.4. The Morgan fingerprint density at radius 3 is 2.63 bits per heavy atom. The molecule has 0 atom stereocenters. The third-order valence-corrected chi connectivity index (χ3v) is 3.15. The fraction of sp³-hybridized carbons (Fsp3) is 0.312. The molecule has 0 saturated carbocycles. The Hall–Kier alpha value is -2.03. The van der Waals surface area contributed by atoms with Gasteiger partial charge in [-0.25, -0.2) is 0 Å². The van der Waals surface area contributed by atoms with Gasteiger partial charge in [0.25, 0.3) is 0 Å². The lowest BCUT2D eigenvalue weighted by Crippen LogP contribution is -2.02. The lowest BCUT2D eigenvalue weighted by Gasteiger charge is -2.11. The van der Waals surface area contributed by atoms with Gasteiger partial charge in [-0.1, -0.05) is 12.1 Å². The molecule has 1 aromatic carbocycles. The van der Waals surface area contributed by atoms with Gasteiger partial charge in [0.05, 0.1) is 12.8 Å². The lowest BCUT2D eigenvalue weighted by atomic mass is 10.1. The normalized spacial score (nSPS) is 10.3. The van der Waals surface area contributed by atoms with Crippen LogP contribution < -0.4 is 9.47 Å². The van der Waals surface area contributed by atoms with E-state index >= 15 is 0 Å². The van der Waals surface area contributed by atoms with Gasteiger partial charge in [0.2, 0.25) is 0 Å². The van der Waals surface area contributed by atoms with Gasteiger partial charge in [0, 0.05) is 17.8 Å². The summed E-state index contributed by atoms with van der Waals surface area (Å²) in [7, 11) is 1.66. The minimum absolute atomic E-state index is 0.447. The van der Waals surface area contributed by atoms with Gasteiger partial charge in [-0.05, 0) is 38.0 Å². The molecule has 0 spiro atoms. The third kappa shape index (κ3) is 3.25. The number of aromatic nitrogens is 1. The van der Waals surface area contributed by atoms with Crippen LogP contribution in [-0.2, 0) is 6.61 Å². The van der Waals surface area contributed by atoms with Crippen LogP contribution in [0.25, 0.3) is 0 Å². The number of methoxy groups -OCH3 is 1. The van der Waals surface area contributed by atoms with Crippen molar-refractivity contribution in [2.24, 2.45) is 0 Å². The maximum atomic E-state index is 5.84. The molecule has 3 heteroatoms. The van der Waals surface area contributed by atoms with Gasteiger partial charge in [0.15, 0.2) is 0 Å². The highest BCUT2D eigenvalue weighted by molar-refractivity contribution is 5.38. The SMILES string of the molecule is COc1cc(C)nc(COc2cccc(C)c2C)c1. The zero-order valence-electron chi connectivity index (χ0n) is 11.9. The Morgan fingerprint density at radius 1 is 1.11 bits per heavy atom. The van der Waals surface area contributed by atoms with Crippen molar-refractivity contribution in [2.45, 2.75) is 27.4 Å². The van der Waals surface area contributed by atoms with Crippen molar-refractivity contribution in [1.82, 2.24) is 4.98 Å². The maximum Gasteiger partial charge on any atom is 0.130 e. The van der Waals surface area contributed by atoms with Crippen LogP contribution in [0, 0.1) is 20.8 Å². The molecule has 100 valence electrons. The van der Waals surface area contributed by atoms with E-state index in [4.69, 9.17) is 9.47 Å². The largest absolute Gasteiger partial charge is 0.497 e. The first-order chi connectivity index (χ1) is 9.10. The van der Waals surface area contributed by atoms with Crippen molar-refractivity contribution in [3.63, 3.8) is 0 Å². The van der Waals surface area contributed by atoms with Crippen LogP contribution in [0.2, 0.25) is 0 Å². The molecule has 0 fully saturated rings. The van der Waals surface area contributed by atoms with E-state index in [-0.39, 0.29) is 0 Å². The van der Waals surface area contributed by atoms with Gasteiger partial charge < -0.3 is 9.47 Å². The molecular weight excluding hydrogens is 238 g/mol. The summed E-state index contributed by atoms with van der Waals surface area (Å²) in [5.41, 5.74) is 4.20. The fourth-order valence-electron chi connectivity index (χ4n) is 1.93. The zero-order chi connectivity index (χ0) is 13.8. The van der Waals surface area contributed by atoms with Crippen molar-refractivity contribution >= 4 is 0 Å². The van der Waals surface area contributed by atoms with E-state index in [2.05, 4.69) is 24.9 Å². The molecule has 2 rings (SSSR count). The molecule has 0 bridgehead atoms. The van der Waals surface area contributed by atoms with E-state index in [0.717, 1.165) is 22.9 Å². The number of pyridine rings is 1. The lowest BCUT2D eigenvalue weighted by molar-refractivity contribution is 0.297. The second-order valence-electron chi connectivity index (χ2n) is 4.63. The van der Waals surface area contributed by atoms with Crippen LogP contribution in [-0.4, -0.2) is 12.1 Å². The van der Waals surface area contributed by atoms with Crippen molar-refractivity contribution in [3.05, 3.63) is 52.8 Å². The van der Waals surface area contributed by atoms with Crippen LogP contribution in [0.5, 0.6) is 11.5 Å². The summed E-state index contributed by atoms with van der Waals surface area (Å²) in [6.45, 7) is 6.54. The second kappa shape index (κ2) is 5.74. The van der Waals surface area contributed by atoms with E-state index in [0.29, 0.717) is 6.61 Å². The molecule has 0 N–H and O–H groups in total. The fourth-order valence-corrected chi connectivity index (χ4v) is 1.93. The molecule has 0 aliphatic heterocycles. The number of hydrogen-bond donors (Lipinski definition) is 0. The van der Waals surface area contributed by atoms with Gasteiger partial charge in [0.1, 0.15) is 18.1 Å². The number of nitrogens with zero attached hydrogens (tertiary/aromatic N) is 1. The summed E-state index contributed by atoms with van der Waals surface area (Å²) in [6, 6.07) is 9.87. The standard InChI is InChI=1S/C16H19NO2/c1-11-6-5-7-16(13(11)3)19-10-14-9-15(18-4)8-12(2)17-14/h5-9H,10H2,1-4H3. The smallest absolute Gasteiger partial charge is 0.130 e. The molecule has 3 nitrogen and oxygen atoms in total. The molecule has 1 heterocycles. The topological polar surface area (TPSA) is 31.4 Å². The molecule has 0 saturated heterocycles. The van der Waals surface area contributed by atoms with Crippen molar-refractivity contribution < 1.29 is 9.47 Å². The van der Waals surface area contributed by atoms with Crippen LogP contribution in [0.4, 0.5) is 0 Å². The predicted octanol–water partition coefficient (Wildman–Crippen LogP) is 3.59. The molecular formula is C16H19NO2. The van der Waals surface area contributed by atoms with Gasteiger partial charge in [-0.15, -0.1) is 0 Å². The predicted molar refractivity (Wildman–Crippen MR) is 75.8 cm³/mol. The quantitative estimate of drug-likeness (QED) is 0.838. The van der Waals surface area contributed by atoms with Crippen molar-refractivity contribution in [2.75, 3.05) is 7.11 Å². The highest BCUT2D eigenvalue weighted by Gasteiger charge is 2.05. The third-order valence-electron chi connectivity index (χ3n) is 3.15. The molecule has 19 heavy (non-hydrogen) atoms. The summed E-state index contributed by atoms with van der Waals surface area (Å²) < 4.78 is 11.1. The van der Waals surface area contributed by atoms with Crippen molar-refractivity contribution in [3.8, 4) is 11.5 Å². The minimum Gasteiger partial charge on any atom is -0.497 e. The van der Waals surface area contributed by atoms with Gasteiger partial charge in [-0.2, -0.15) is 0 Å². The Labute approximate surface area is 114 Å². The zero-order valence-corrected chi connectivity index (χ0v) is 11.9. The average Bonchev–Trinajstić information content (AvgIpc) is 2.40. The van der Waals surface area contributed by atoms with E-state index in [1.165, 1.54) is 11.1 Å². The van der Waals surface area contributed by atoms with E-state index in [9.17, 15) is 0 Å². The number of ether oxygens (including phenoxy) is 2. The number of benzene rings is 1. The van der Waals surface area contributed by atoms with E-state index in [1.807, 2.05) is 31.2 Å². The summed E-state index contributed by atoms with van der Waals surface area (Å²) in [4.78, 5) is 4.44. The van der Waals surface area contributed by atoms with Crippen LogP contribution >= 0.6 is 0 Å². The molecule has 2 aromatic rings. The van der Waals surface area contributed by atoms with E-state index in [1.54, 1.807) is 7.11 Å². The van der Waals surface area contributed by atoms with Crippen LogP contribution in [0.1, 0.15) is 22.5 Å². The summed E-state index contributed by atoms with van der Waals surface area (Å²) in [6.07, 6.45) is 0. The number of hydrogen-bond acceptors (Lipinski definition) is 3. The van der Waals surface area contributed by atoms with Crippen LogP contribution in [0.3, 0.4) is 0 Å². The number of aryl methyl sites for hydroxylation is 2. The Morgan fingerprint density at radius 2 is 1.89 bits per heavy atom. The number of rotatable bonds is 4. The molecule has 0 radical (unpaired) electrons. The molecule has 1 aromatic heterocycles. The summed E-state index contributed by atoms with van der Waals surface area (Å²) in [5.74, 6) is 1.72. The summed E-state index contributed by atoms with van der Waals surface area (Å²) >= 11 is 0. The minimum atomic E-state index is 0.447. The van der Waals surface area contributed by atoms with Crippen LogP contribution in [0.15, 0.2) is 30.3 Å². The van der Waals surface area contributed by atoms with Gasteiger partial charge in [-0.3, -0.25) is 4.98 Å². The highest BCUT2D eigenvalue weighted by Crippen LogP contribution is 2.22. The monoisotopic (exact) mass is 257 g/mol. The first-order valence-electron chi connectivity index (χ1n) is 6.30. The molecule has 0 amide bonds. The second-order valence-corrected chi connectivity index (χ2v) is 4.63. The van der Waals surface area contributed by atoms with E-state index < -0.39 is 0 Å². The van der Waals surface area contributed by atoms with Gasteiger partial charge >= 0.3 is 0 Å². The Balaban J connectivity index is 2.14. The first-order valence-corrected chi connectivity index (χ1v) is 6.30. The molecule has 0 aliphatic rings. The molecule has 0 unspecified atom stereocenters. The average molecular weight is 257 g/mol. The Kier molecular flexibility index (Phi) is 4.05. The molecule has 0 aliphatic carbocycles. The summed E-state index contributed by atoms with van der Waals surface area (Å²) in [5, 5.41) is 0. The Bertz CT molecular complexity index is 579. The maximum absolute atomic E-state index is 5.84. The van der Waals surface area contributed by atoms with Crippen molar-refractivity contribution in [1.29, 1.82) is 0 Å². The highest BCUT2D eigenvalue weighted by atomic mass is 16.5.